The van der Waals surface area contributed by atoms with Gasteiger partial charge in [0.15, 0.2) is 0 Å². The number of carbonyl (C=O) groups excluding carboxylic acids is 1. The van der Waals surface area contributed by atoms with Crippen molar-refractivity contribution in [3.05, 3.63) is 35.4 Å². The standard InChI is InChI=1S/C17H24N2O.ClH/c1-19(17(20)11-13-6-4-8-15(13)18)16-10-9-12-5-2-3-7-14(12)16;/h2-3,5,7,13,15-16H,4,6,8-11,18H2,1H3;1H/t13-,15+,16?;/m0./s1. The summed E-state index contributed by atoms with van der Waals surface area (Å²) in [6.07, 6.45) is 6.13. The predicted octanol–water partition coefficient (Wildman–Crippen LogP) is 3.07. The molecule has 4 heteroatoms. The number of amides is 1. The summed E-state index contributed by atoms with van der Waals surface area (Å²) in [7, 11) is 1.95. The zero-order chi connectivity index (χ0) is 14.1. The molecule has 2 N–H and O–H groups in total. The van der Waals surface area contributed by atoms with E-state index in [1.165, 1.54) is 17.5 Å². The molecule has 0 aromatic heterocycles. The van der Waals surface area contributed by atoms with E-state index in [0.29, 0.717) is 12.3 Å². The van der Waals surface area contributed by atoms with E-state index in [9.17, 15) is 4.79 Å². The molecule has 0 spiro atoms. The van der Waals surface area contributed by atoms with E-state index in [1.54, 1.807) is 0 Å². The third-order valence-electron chi connectivity index (χ3n) is 5.12. The van der Waals surface area contributed by atoms with Crippen LogP contribution < -0.4 is 5.73 Å². The van der Waals surface area contributed by atoms with Gasteiger partial charge in [0.05, 0.1) is 6.04 Å². The number of hydrogen-bond acceptors (Lipinski definition) is 2. The van der Waals surface area contributed by atoms with Crippen LogP contribution in [0.4, 0.5) is 0 Å². The Balaban J connectivity index is 0.00000161. The molecule has 116 valence electrons. The fourth-order valence-electron chi connectivity index (χ4n) is 3.80. The Morgan fingerprint density at radius 2 is 2.05 bits per heavy atom. The molecule has 1 unspecified atom stereocenters. The highest BCUT2D eigenvalue weighted by molar-refractivity contribution is 5.85. The van der Waals surface area contributed by atoms with Gasteiger partial charge in [-0.05, 0) is 42.7 Å². The maximum atomic E-state index is 12.5. The van der Waals surface area contributed by atoms with E-state index >= 15 is 0 Å². The molecule has 21 heavy (non-hydrogen) atoms. The van der Waals surface area contributed by atoms with Crippen LogP contribution >= 0.6 is 12.4 Å². The van der Waals surface area contributed by atoms with Crippen LogP contribution in [0.3, 0.4) is 0 Å². The number of fused-ring (bicyclic) bond motifs is 1. The summed E-state index contributed by atoms with van der Waals surface area (Å²) in [5.41, 5.74) is 8.82. The van der Waals surface area contributed by atoms with Crippen molar-refractivity contribution in [2.24, 2.45) is 11.7 Å². The summed E-state index contributed by atoms with van der Waals surface area (Å²) in [5.74, 6) is 0.649. The van der Waals surface area contributed by atoms with E-state index in [1.807, 2.05) is 11.9 Å². The summed E-state index contributed by atoms with van der Waals surface area (Å²) in [6, 6.07) is 8.99. The van der Waals surface area contributed by atoms with Gasteiger partial charge in [-0.15, -0.1) is 12.4 Å². The van der Waals surface area contributed by atoms with Crippen molar-refractivity contribution in [3.8, 4) is 0 Å². The number of benzene rings is 1. The predicted molar refractivity (Wildman–Crippen MR) is 87.5 cm³/mol. The number of carbonyl (C=O) groups is 1. The molecule has 3 atom stereocenters. The van der Waals surface area contributed by atoms with Crippen molar-refractivity contribution in [2.75, 3.05) is 7.05 Å². The van der Waals surface area contributed by atoms with Crippen molar-refractivity contribution in [1.82, 2.24) is 4.90 Å². The lowest BCUT2D eigenvalue weighted by Crippen LogP contribution is -2.34. The quantitative estimate of drug-likeness (QED) is 0.933. The first-order chi connectivity index (χ1) is 9.66. The number of halogens is 1. The largest absolute Gasteiger partial charge is 0.339 e. The van der Waals surface area contributed by atoms with Gasteiger partial charge in [-0.1, -0.05) is 30.7 Å². The molecule has 0 bridgehead atoms. The molecule has 2 aliphatic carbocycles. The molecule has 1 fully saturated rings. The Hall–Kier alpha value is -1.06. The lowest BCUT2D eigenvalue weighted by molar-refractivity contribution is -0.133. The van der Waals surface area contributed by atoms with Crippen molar-refractivity contribution in [1.29, 1.82) is 0 Å². The zero-order valence-corrected chi connectivity index (χ0v) is 13.4. The van der Waals surface area contributed by atoms with Gasteiger partial charge in [0.2, 0.25) is 5.91 Å². The highest BCUT2D eigenvalue weighted by atomic mass is 35.5. The molecule has 3 rings (SSSR count). The summed E-state index contributed by atoms with van der Waals surface area (Å²) >= 11 is 0. The van der Waals surface area contributed by atoms with Gasteiger partial charge < -0.3 is 10.6 Å². The van der Waals surface area contributed by atoms with Crippen LogP contribution in [0.2, 0.25) is 0 Å². The highest BCUT2D eigenvalue weighted by Crippen LogP contribution is 2.36. The molecular formula is C17H25ClN2O. The van der Waals surface area contributed by atoms with Crippen LogP contribution in [0.5, 0.6) is 0 Å². The molecule has 0 radical (unpaired) electrons. The van der Waals surface area contributed by atoms with E-state index in [0.717, 1.165) is 25.7 Å². The van der Waals surface area contributed by atoms with Crippen LogP contribution in [0.1, 0.15) is 49.3 Å². The van der Waals surface area contributed by atoms with Gasteiger partial charge in [0.25, 0.3) is 0 Å². The molecule has 0 saturated heterocycles. The topological polar surface area (TPSA) is 46.3 Å². The molecule has 0 aliphatic heterocycles. The monoisotopic (exact) mass is 308 g/mol. The minimum atomic E-state index is 0. The summed E-state index contributed by atoms with van der Waals surface area (Å²) < 4.78 is 0. The first-order valence-electron chi connectivity index (χ1n) is 7.76. The number of aryl methyl sites for hydroxylation is 1. The summed E-state index contributed by atoms with van der Waals surface area (Å²) in [5, 5.41) is 0. The van der Waals surface area contributed by atoms with Crippen molar-refractivity contribution in [3.63, 3.8) is 0 Å². The van der Waals surface area contributed by atoms with Gasteiger partial charge in [0.1, 0.15) is 0 Å². The van der Waals surface area contributed by atoms with Crippen LogP contribution in [0.15, 0.2) is 24.3 Å². The Bertz CT molecular complexity index is 505. The number of nitrogens with two attached hydrogens (primary N) is 1. The van der Waals surface area contributed by atoms with Crippen LogP contribution in [-0.2, 0) is 11.2 Å². The Morgan fingerprint density at radius 3 is 2.76 bits per heavy atom. The Labute approximate surface area is 133 Å². The van der Waals surface area contributed by atoms with Crippen LogP contribution in [0, 0.1) is 5.92 Å². The van der Waals surface area contributed by atoms with E-state index in [4.69, 9.17) is 5.73 Å². The molecule has 3 nitrogen and oxygen atoms in total. The molecule has 1 amide bonds. The van der Waals surface area contributed by atoms with Gasteiger partial charge in [-0.2, -0.15) is 0 Å². The maximum absolute atomic E-state index is 12.5. The van der Waals surface area contributed by atoms with Gasteiger partial charge in [-0.25, -0.2) is 0 Å². The molecule has 1 aromatic rings. The second-order valence-corrected chi connectivity index (χ2v) is 6.32. The van der Waals surface area contributed by atoms with E-state index < -0.39 is 0 Å². The lowest BCUT2D eigenvalue weighted by Gasteiger charge is -2.27. The van der Waals surface area contributed by atoms with Crippen LogP contribution in [-0.4, -0.2) is 23.9 Å². The van der Waals surface area contributed by atoms with Crippen molar-refractivity contribution >= 4 is 18.3 Å². The normalized spacial score (nSPS) is 27.0. The van der Waals surface area contributed by atoms with Crippen molar-refractivity contribution in [2.45, 2.75) is 50.6 Å². The van der Waals surface area contributed by atoms with Gasteiger partial charge in [-0.3, -0.25) is 4.79 Å². The third kappa shape index (κ3) is 3.24. The minimum absolute atomic E-state index is 0. The fourth-order valence-corrected chi connectivity index (χ4v) is 3.80. The number of hydrogen-bond donors (Lipinski definition) is 1. The second kappa shape index (κ2) is 6.80. The number of nitrogens with zero attached hydrogens (tertiary/aromatic N) is 1. The lowest BCUT2D eigenvalue weighted by atomic mass is 9.98. The van der Waals surface area contributed by atoms with Crippen LogP contribution in [0.25, 0.3) is 0 Å². The third-order valence-corrected chi connectivity index (χ3v) is 5.12. The van der Waals surface area contributed by atoms with E-state index in [-0.39, 0.29) is 30.4 Å². The molecule has 1 aromatic carbocycles. The zero-order valence-electron chi connectivity index (χ0n) is 12.6. The Morgan fingerprint density at radius 1 is 1.29 bits per heavy atom. The molecule has 1 saturated carbocycles. The number of rotatable bonds is 3. The first-order valence-corrected chi connectivity index (χ1v) is 7.76. The van der Waals surface area contributed by atoms with Gasteiger partial charge in [0, 0.05) is 19.5 Å². The Kier molecular flexibility index (Phi) is 5.28. The first kappa shape index (κ1) is 16.3. The fraction of sp³-hybridized carbons (Fsp3) is 0.588. The summed E-state index contributed by atoms with van der Waals surface area (Å²) in [6.45, 7) is 0. The maximum Gasteiger partial charge on any atom is 0.223 e. The summed E-state index contributed by atoms with van der Waals surface area (Å²) in [4.78, 5) is 14.5. The average Bonchev–Trinajstić information content (AvgIpc) is 3.05. The second-order valence-electron chi connectivity index (χ2n) is 6.32. The molecule has 2 aliphatic rings. The minimum Gasteiger partial charge on any atom is -0.339 e. The average molecular weight is 309 g/mol. The molecular weight excluding hydrogens is 284 g/mol. The highest BCUT2D eigenvalue weighted by Gasteiger charge is 2.31. The van der Waals surface area contributed by atoms with Gasteiger partial charge >= 0.3 is 0 Å². The smallest absolute Gasteiger partial charge is 0.223 e. The van der Waals surface area contributed by atoms with E-state index in [2.05, 4.69) is 24.3 Å². The molecule has 0 heterocycles. The SMILES string of the molecule is CN(C(=O)C[C@@H]1CCC[C@H]1N)C1CCc2ccccc21.Cl. The van der Waals surface area contributed by atoms with Crippen molar-refractivity contribution < 1.29 is 4.79 Å².